The van der Waals surface area contributed by atoms with Crippen LogP contribution in [0.1, 0.15) is 18.2 Å². The SMILES string of the molecule is COc1ccc(Br)cc1-c1nc(CN2C(=O)NC(C)(c3ccc(F)cc3)C2=O)cs1. The summed E-state index contributed by atoms with van der Waals surface area (Å²) in [6, 6.07) is 10.6. The highest BCUT2D eigenvalue weighted by Gasteiger charge is 2.49. The smallest absolute Gasteiger partial charge is 0.325 e. The molecule has 1 atom stereocenters. The Balaban J connectivity index is 1.58. The Bertz CT molecular complexity index is 1130. The van der Waals surface area contributed by atoms with Crippen molar-refractivity contribution in [3.63, 3.8) is 0 Å². The van der Waals surface area contributed by atoms with Crippen molar-refractivity contribution in [3.05, 3.63) is 69.4 Å². The van der Waals surface area contributed by atoms with Gasteiger partial charge in [0.05, 0.1) is 24.9 Å². The van der Waals surface area contributed by atoms with E-state index in [0.29, 0.717) is 17.0 Å². The summed E-state index contributed by atoms with van der Waals surface area (Å²) in [4.78, 5) is 31.3. The molecule has 1 aliphatic heterocycles. The number of halogens is 2. The molecule has 0 spiro atoms. The van der Waals surface area contributed by atoms with Crippen LogP contribution in [-0.4, -0.2) is 28.9 Å². The topological polar surface area (TPSA) is 71.5 Å². The van der Waals surface area contributed by atoms with Crippen molar-refractivity contribution in [1.29, 1.82) is 0 Å². The Hall–Kier alpha value is -2.78. The summed E-state index contributed by atoms with van der Waals surface area (Å²) in [5, 5.41) is 5.24. The normalized spacial score (nSPS) is 18.6. The van der Waals surface area contributed by atoms with Crippen molar-refractivity contribution >= 4 is 39.2 Å². The van der Waals surface area contributed by atoms with Crippen molar-refractivity contribution in [1.82, 2.24) is 15.2 Å². The Morgan fingerprint density at radius 2 is 1.97 bits per heavy atom. The van der Waals surface area contributed by atoms with Crippen LogP contribution < -0.4 is 10.1 Å². The van der Waals surface area contributed by atoms with E-state index in [-0.39, 0.29) is 6.54 Å². The molecule has 0 bridgehead atoms. The predicted molar refractivity (Wildman–Crippen MR) is 115 cm³/mol. The molecule has 6 nitrogen and oxygen atoms in total. The Morgan fingerprint density at radius 3 is 2.67 bits per heavy atom. The summed E-state index contributed by atoms with van der Waals surface area (Å²) >= 11 is 4.85. The van der Waals surface area contributed by atoms with Gasteiger partial charge in [-0.05, 0) is 42.8 Å². The molecular formula is C21H17BrFN3O3S. The maximum Gasteiger partial charge on any atom is 0.325 e. The van der Waals surface area contributed by atoms with Crippen LogP contribution in [-0.2, 0) is 16.9 Å². The Morgan fingerprint density at radius 1 is 1.23 bits per heavy atom. The van der Waals surface area contributed by atoms with E-state index < -0.39 is 23.3 Å². The predicted octanol–water partition coefficient (Wildman–Crippen LogP) is 4.69. The number of hydrogen-bond acceptors (Lipinski definition) is 5. The number of benzene rings is 2. The Kier molecular flexibility index (Phi) is 5.33. The number of urea groups is 1. The van der Waals surface area contributed by atoms with Crippen molar-refractivity contribution in [2.75, 3.05) is 7.11 Å². The molecule has 3 aromatic rings. The van der Waals surface area contributed by atoms with Gasteiger partial charge in [0.25, 0.3) is 5.91 Å². The number of hydrogen-bond donors (Lipinski definition) is 1. The number of aromatic nitrogens is 1. The van der Waals surface area contributed by atoms with Gasteiger partial charge in [-0.15, -0.1) is 11.3 Å². The first-order valence-corrected chi connectivity index (χ1v) is 10.7. The van der Waals surface area contributed by atoms with Crippen molar-refractivity contribution in [2.45, 2.75) is 19.0 Å². The molecule has 3 amide bonds. The van der Waals surface area contributed by atoms with Gasteiger partial charge in [-0.1, -0.05) is 28.1 Å². The summed E-state index contributed by atoms with van der Waals surface area (Å²) in [7, 11) is 1.59. The highest BCUT2D eigenvalue weighted by Crippen LogP contribution is 2.35. The van der Waals surface area contributed by atoms with Crippen molar-refractivity contribution < 1.29 is 18.7 Å². The standard InChI is InChI=1S/C21H17BrFN3O3S/c1-21(12-3-6-14(23)7-4-12)19(27)26(20(28)25-21)10-15-11-30-18(24-15)16-9-13(22)5-8-17(16)29-2/h3-9,11H,10H2,1-2H3,(H,25,28). The molecule has 0 radical (unpaired) electrons. The maximum absolute atomic E-state index is 13.3. The monoisotopic (exact) mass is 489 g/mol. The fraction of sp³-hybridized carbons (Fsp3) is 0.190. The summed E-state index contributed by atoms with van der Waals surface area (Å²) in [5.74, 6) is -0.138. The number of amides is 3. The zero-order chi connectivity index (χ0) is 21.5. The summed E-state index contributed by atoms with van der Waals surface area (Å²) in [5.41, 5.74) is 0.667. The quantitative estimate of drug-likeness (QED) is 0.527. The number of carbonyl (C=O) groups is 2. The van der Waals surface area contributed by atoms with Crippen LogP contribution in [0.25, 0.3) is 10.6 Å². The second-order valence-electron chi connectivity index (χ2n) is 6.94. The first-order chi connectivity index (χ1) is 14.3. The van der Waals surface area contributed by atoms with Gasteiger partial charge in [0.1, 0.15) is 22.1 Å². The third-order valence-corrected chi connectivity index (χ3v) is 6.38. The molecule has 4 rings (SSSR count). The molecule has 2 heterocycles. The summed E-state index contributed by atoms with van der Waals surface area (Å²) in [6.07, 6.45) is 0. The number of ether oxygens (including phenoxy) is 1. The van der Waals surface area contributed by atoms with Gasteiger partial charge in [-0.3, -0.25) is 9.69 Å². The molecule has 0 aliphatic carbocycles. The van der Waals surface area contributed by atoms with Gasteiger partial charge in [0.15, 0.2) is 0 Å². The number of carbonyl (C=O) groups excluding carboxylic acids is 2. The van der Waals surface area contributed by atoms with E-state index in [1.807, 2.05) is 23.6 Å². The second-order valence-corrected chi connectivity index (χ2v) is 8.72. The van der Waals surface area contributed by atoms with Gasteiger partial charge in [0, 0.05) is 9.85 Å². The van der Waals surface area contributed by atoms with E-state index in [2.05, 4.69) is 26.2 Å². The first-order valence-electron chi connectivity index (χ1n) is 9.00. The van der Waals surface area contributed by atoms with Crippen LogP contribution in [0.4, 0.5) is 9.18 Å². The molecule has 0 saturated carbocycles. The molecule has 1 unspecified atom stereocenters. The number of rotatable bonds is 5. The number of nitrogens with zero attached hydrogens (tertiary/aromatic N) is 2. The molecule has 1 aromatic heterocycles. The number of nitrogens with one attached hydrogen (secondary N) is 1. The van der Waals surface area contributed by atoms with E-state index in [0.717, 1.165) is 19.9 Å². The lowest BCUT2D eigenvalue weighted by molar-refractivity contribution is -0.131. The number of thiazole rings is 1. The second kappa shape index (κ2) is 7.81. The Labute approximate surface area is 184 Å². The third kappa shape index (κ3) is 3.59. The first kappa shape index (κ1) is 20.5. The number of methoxy groups -OCH3 is 1. The molecule has 1 saturated heterocycles. The lowest BCUT2D eigenvalue weighted by Gasteiger charge is -2.22. The lowest BCUT2D eigenvalue weighted by Crippen LogP contribution is -2.40. The van der Waals surface area contributed by atoms with Gasteiger partial charge >= 0.3 is 6.03 Å². The molecular weight excluding hydrogens is 473 g/mol. The van der Waals surface area contributed by atoms with E-state index >= 15 is 0 Å². The average molecular weight is 490 g/mol. The molecule has 1 N–H and O–H groups in total. The molecule has 1 aliphatic rings. The van der Waals surface area contributed by atoms with E-state index in [1.165, 1.54) is 35.6 Å². The zero-order valence-corrected chi connectivity index (χ0v) is 18.5. The molecule has 30 heavy (non-hydrogen) atoms. The van der Waals surface area contributed by atoms with E-state index in [4.69, 9.17) is 4.74 Å². The zero-order valence-electron chi connectivity index (χ0n) is 16.1. The van der Waals surface area contributed by atoms with Gasteiger partial charge < -0.3 is 10.1 Å². The fourth-order valence-corrected chi connectivity index (χ4v) is 4.52. The van der Waals surface area contributed by atoms with Crippen molar-refractivity contribution in [2.24, 2.45) is 0 Å². The fourth-order valence-electron chi connectivity index (χ4n) is 3.33. The van der Waals surface area contributed by atoms with Crippen LogP contribution in [0.2, 0.25) is 0 Å². The largest absolute Gasteiger partial charge is 0.496 e. The van der Waals surface area contributed by atoms with Crippen LogP contribution >= 0.6 is 27.3 Å². The summed E-state index contributed by atoms with van der Waals surface area (Å²) in [6.45, 7) is 1.65. The molecule has 9 heteroatoms. The van der Waals surface area contributed by atoms with E-state index in [1.54, 1.807) is 14.0 Å². The lowest BCUT2D eigenvalue weighted by atomic mass is 9.92. The minimum absolute atomic E-state index is 0.0360. The van der Waals surface area contributed by atoms with Crippen molar-refractivity contribution in [3.8, 4) is 16.3 Å². The minimum atomic E-state index is -1.25. The van der Waals surface area contributed by atoms with E-state index in [9.17, 15) is 14.0 Å². The van der Waals surface area contributed by atoms with Crippen LogP contribution in [0.15, 0.2) is 52.3 Å². The molecule has 1 fully saturated rings. The summed E-state index contributed by atoms with van der Waals surface area (Å²) < 4.78 is 19.6. The van der Waals surface area contributed by atoms with Crippen LogP contribution in [0.5, 0.6) is 5.75 Å². The van der Waals surface area contributed by atoms with Gasteiger partial charge in [0.2, 0.25) is 0 Å². The van der Waals surface area contributed by atoms with Gasteiger partial charge in [-0.25, -0.2) is 14.2 Å². The number of imide groups is 1. The van der Waals surface area contributed by atoms with Crippen LogP contribution in [0.3, 0.4) is 0 Å². The molecule has 154 valence electrons. The highest BCUT2D eigenvalue weighted by molar-refractivity contribution is 9.10. The third-order valence-electron chi connectivity index (χ3n) is 4.96. The van der Waals surface area contributed by atoms with Gasteiger partial charge in [-0.2, -0.15) is 0 Å². The van der Waals surface area contributed by atoms with Crippen LogP contribution in [0, 0.1) is 5.82 Å². The molecule has 2 aromatic carbocycles. The maximum atomic E-state index is 13.3. The average Bonchev–Trinajstić information content (AvgIpc) is 3.27. The minimum Gasteiger partial charge on any atom is -0.496 e. The highest BCUT2D eigenvalue weighted by atomic mass is 79.9.